The van der Waals surface area contributed by atoms with E-state index in [9.17, 15) is 29.1 Å². The van der Waals surface area contributed by atoms with Gasteiger partial charge in [-0.3, -0.25) is 19.2 Å². The molecule has 27 heavy (non-hydrogen) atoms. The molecule has 0 rings (SSSR count). The van der Waals surface area contributed by atoms with Crippen LogP contribution in [0.25, 0.3) is 0 Å². The smallest absolute Gasteiger partial charge is 0.326 e. The summed E-state index contributed by atoms with van der Waals surface area (Å²) in [5.74, 6) is -4.82. The first kappa shape index (κ1) is 24.3. The number of carboxylic acids is 1. The van der Waals surface area contributed by atoms with Crippen molar-refractivity contribution in [2.45, 2.75) is 44.8 Å². The van der Waals surface area contributed by atoms with Crippen molar-refractivity contribution in [3.63, 3.8) is 0 Å². The fraction of sp³-hybridized carbons (Fsp3) is 0.667. The summed E-state index contributed by atoms with van der Waals surface area (Å²) in [6, 6.07) is -3.83. The Morgan fingerprint density at radius 1 is 0.963 bits per heavy atom. The number of aliphatic carboxylic acids is 1. The van der Waals surface area contributed by atoms with Crippen LogP contribution in [-0.4, -0.2) is 71.1 Å². The van der Waals surface area contributed by atoms with Gasteiger partial charge in [-0.15, -0.1) is 0 Å². The molecule has 0 aromatic carbocycles. The van der Waals surface area contributed by atoms with Gasteiger partial charge in [-0.25, -0.2) is 4.79 Å². The van der Waals surface area contributed by atoms with E-state index < -0.39 is 66.8 Å². The van der Waals surface area contributed by atoms with Crippen molar-refractivity contribution in [1.82, 2.24) is 16.0 Å². The van der Waals surface area contributed by atoms with Crippen LogP contribution in [0.4, 0.5) is 0 Å². The second-order valence-corrected chi connectivity index (χ2v) is 6.14. The van der Waals surface area contributed by atoms with Crippen molar-refractivity contribution in [3.05, 3.63) is 0 Å². The van der Waals surface area contributed by atoms with Gasteiger partial charge in [0.2, 0.25) is 23.6 Å². The summed E-state index contributed by atoms with van der Waals surface area (Å²) in [6.45, 7) is 2.10. The molecule has 0 unspecified atom stereocenters. The Morgan fingerprint density at radius 2 is 1.56 bits per heavy atom. The van der Waals surface area contributed by atoms with Crippen molar-refractivity contribution in [3.8, 4) is 0 Å². The summed E-state index contributed by atoms with van der Waals surface area (Å²) in [4.78, 5) is 57.9. The minimum absolute atomic E-state index is 0.207. The maximum absolute atomic E-state index is 12.4. The normalized spacial score (nSPS) is 14.0. The molecule has 9 N–H and O–H groups in total. The Balaban J connectivity index is 5.10. The molecule has 0 aliphatic carbocycles. The van der Waals surface area contributed by atoms with Crippen LogP contribution in [0.3, 0.4) is 0 Å². The van der Waals surface area contributed by atoms with Crippen LogP contribution in [0.5, 0.6) is 0 Å². The number of carboxylic acid groups (broad SMARTS) is 1. The molecular weight excluding hydrogens is 362 g/mol. The minimum atomic E-state index is -1.37. The first-order valence-corrected chi connectivity index (χ1v) is 8.25. The molecular formula is C15H27N5O7. The number of aliphatic hydroxyl groups is 1. The summed E-state index contributed by atoms with van der Waals surface area (Å²) >= 11 is 0. The Labute approximate surface area is 156 Å². The zero-order valence-corrected chi connectivity index (χ0v) is 15.2. The average molecular weight is 389 g/mol. The minimum Gasteiger partial charge on any atom is -0.480 e. The summed E-state index contributed by atoms with van der Waals surface area (Å²) < 4.78 is 0. The van der Waals surface area contributed by atoms with Crippen LogP contribution in [0.2, 0.25) is 0 Å². The van der Waals surface area contributed by atoms with Gasteiger partial charge in [0.1, 0.15) is 18.1 Å². The van der Waals surface area contributed by atoms with Crippen molar-refractivity contribution >= 4 is 29.6 Å². The van der Waals surface area contributed by atoms with Crippen molar-refractivity contribution in [1.29, 1.82) is 0 Å². The van der Waals surface area contributed by atoms with Gasteiger partial charge in [-0.2, -0.15) is 0 Å². The van der Waals surface area contributed by atoms with E-state index in [0.29, 0.717) is 0 Å². The third-order valence-electron chi connectivity index (χ3n) is 3.56. The molecule has 3 atom stereocenters. The molecule has 0 aromatic rings. The number of carbonyl (C=O) groups excluding carboxylic acids is 4. The van der Waals surface area contributed by atoms with Crippen LogP contribution in [0, 0.1) is 5.92 Å². The third kappa shape index (κ3) is 8.96. The quantitative estimate of drug-likeness (QED) is 0.176. The molecule has 0 radical (unpaired) electrons. The van der Waals surface area contributed by atoms with Gasteiger partial charge in [0.25, 0.3) is 0 Å². The first-order valence-electron chi connectivity index (χ1n) is 8.25. The molecule has 0 bridgehead atoms. The number of carbonyl (C=O) groups is 5. The fourth-order valence-corrected chi connectivity index (χ4v) is 2.04. The Bertz CT molecular complexity index is 567. The number of primary amides is 1. The van der Waals surface area contributed by atoms with Gasteiger partial charge in [0.05, 0.1) is 13.2 Å². The maximum atomic E-state index is 12.4. The highest BCUT2D eigenvalue weighted by atomic mass is 16.4. The number of amides is 4. The van der Waals surface area contributed by atoms with Gasteiger partial charge < -0.3 is 37.6 Å². The maximum Gasteiger partial charge on any atom is 0.326 e. The van der Waals surface area contributed by atoms with Crippen molar-refractivity contribution in [2.24, 2.45) is 17.4 Å². The lowest BCUT2D eigenvalue weighted by atomic mass is 10.0. The van der Waals surface area contributed by atoms with Gasteiger partial charge >= 0.3 is 5.97 Å². The molecule has 0 aromatic heterocycles. The zero-order chi connectivity index (χ0) is 21.1. The highest BCUT2D eigenvalue weighted by Crippen LogP contribution is 2.05. The Morgan fingerprint density at radius 3 is 1.96 bits per heavy atom. The highest BCUT2D eigenvalue weighted by molar-refractivity contribution is 5.93. The van der Waals surface area contributed by atoms with E-state index in [1.54, 1.807) is 13.8 Å². The number of nitrogens with one attached hydrogen (secondary N) is 3. The number of aliphatic hydroxyl groups excluding tert-OH is 1. The highest BCUT2D eigenvalue weighted by Gasteiger charge is 2.31. The molecule has 0 aliphatic heterocycles. The third-order valence-corrected chi connectivity index (χ3v) is 3.56. The lowest BCUT2D eigenvalue weighted by Gasteiger charge is -2.26. The van der Waals surface area contributed by atoms with Gasteiger partial charge in [-0.05, 0) is 12.3 Å². The SMILES string of the molecule is CC(C)[C@H](NC(=O)[C@H](CO)NC(=O)CN)C(=O)N[C@@H](CCC(N)=O)C(=O)O. The monoisotopic (exact) mass is 389 g/mol. The van der Waals surface area contributed by atoms with Gasteiger partial charge in [0, 0.05) is 6.42 Å². The fourth-order valence-electron chi connectivity index (χ4n) is 2.04. The summed E-state index contributed by atoms with van der Waals surface area (Å²) in [6.07, 6.45) is -0.450. The Hall–Kier alpha value is -2.73. The van der Waals surface area contributed by atoms with Gasteiger partial charge in [0.15, 0.2) is 0 Å². The lowest BCUT2D eigenvalue weighted by Crippen LogP contribution is -2.58. The first-order chi connectivity index (χ1) is 12.5. The van der Waals surface area contributed by atoms with Crippen LogP contribution < -0.4 is 27.4 Å². The van der Waals surface area contributed by atoms with Crippen LogP contribution in [0.15, 0.2) is 0 Å². The van der Waals surface area contributed by atoms with E-state index in [1.165, 1.54) is 0 Å². The van der Waals surface area contributed by atoms with E-state index in [0.717, 1.165) is 0 Å². The average Bonchev–Trinajstić information content (AvgIpc) is 2.59. The summed E-state index contributed by atoms with van der Waals surface area (Å²) in [7, 11) is 0. The van der Waals surface area contributed by atoms with Crippen molar-refractivity contribution in [2.75, 3.05) is 13.2 Å². The Kier molecular flexibility index (Phi) is 10.6. The predicted octanol–water partition coefficient (Wildman–Crippen LogP) is -3.60. The molecule has 0 aliphatic rings. The van der Waals surface area contributed by atoms with Crippen LogP contribution in [0.1, 0.15) is 26.7 Å². The summed E-state index contributed by atoms with van der Waals surface area (Å²) in [5.41, 5.74) is 10.1. The van der Waals surface area contributed by atoms with Gasteiger partial charge in [-0.1, -0.05) is 13.8 Å². The topological polar surface area (TPSA) is 214 Å². The molecule has 12 nitrogen and oxygen atoms in total. The standard InChI is InChI=1S/C15H27N5O7/c1-7(2)12(20-13(24)9(6-21)18-11(23)5-16)14(25)19-8(15(26)27)3-4-10(17)22/h7-9,12,21H,3-6,16H2,1-2H3,(H2,17,22)(H,18,23)(H,19,25)(H,20,24)(H,26,27)/t8-,9-,12-/m0/s1. The second kappa shape index (κ2) is 11.8. The van der Waals surface area contributed by atoms with E-state index >= 15 is 0 Å². The predicted molar refractivity (Wildman–Crippen MR) is 92.8 cm³/mol. The molecule has 0 heterocycles. The summed E-state index contributed by atoms with van der Waals surface area (Å²) in [5, 5.41) is 25.2. The molecule has 0 saturated heterocycles. The van der Waals surface area contributed by atoms with E-state index in [4.69, 9.17) is 16.6 Å². The zero-order valence-electron chi connectivity index (χ0n) is 15.2. The number of rotatable bonds is 12. The molecule has 0 saturated carbocycles. The van der Waals surface area contributed by atoms with Crippen LogP contribution >= 0.6 is 0 Å². The lowest BCUT2D eigenvalue weighted by molar-refractivity contribution is -0.143. The molecule has 0 spiro atoms. The number of nitrogens with two attached hydrogens (primary N) is 2. The number of hydrogen-bond donors (Lipinski definition) is 7. The van der Waals surface area contributed by atoms with E-state index in [-0.39, 0.29) is 12.8 Å². The van der Waals surface area contributed by atoms with E-state index in [2.05, 4.69) is 16.0 Å². The van der Waals surface area contributed by atoms with Crippen LogP contribution in [-0.2, 0) is 24.0 Å². The molecule has 0 fully saturated rings. The van der Waals surface area contributed by atoms with Crippen molar-refractivity contribution < 1.29 is 34.2 Å². The molecule has 154 valence electrons. The number of hydrogen-bond acceptors (Lipinski definition) is 7. The molecule has 4 amide bonds. The second-order valence-electron chi connectivity index (χ2n) is 6.14. The van der Waals surface area contributed by atoms with E-state index in [1.807, 2.05) is 0 Å². The largest absolute Gasteiger partial charge is 0.480 e. The molecule has 12 heteroatoms.